The second kappa shape index (κ2) is 31.2. The number of aliphatic hydroxyl groups excluding tert-OH is 21. The van der Waals surface area contributed by atoms with E-state index < -0.39 is 291 Å². The summed E-state index contributed by atoms with van der Waals surface area (Å²) >= 11 is 0. The first kappa shape index (κ1) is 75.6. The average molecular weight is 1430 g/mol. The second-order valence-electron chi connectivity index (χ2n) is 23.7. The van der Waals surface area contributed by atoms with Gasteiger partial charge in [-0.15, -0.1) is 0 Å². The summed E-state index contributed by atoms with van der Waals surface area (Å²) < 4.78 is 141. The van der Waals surface area contributed by atoms with Crippen LogP contribution in [-0.4, -0.2) is 385 Å². The number of aliphatic hydroxyl groups is 21. The molecule has 21 N–H and O–H groups in total. The van der Waals surface area contributed by atoms with Crippen LogP contribution in [0.15, 0.2) is 58.3 Å². The van der Waals surface area contributed by atoms with Gasteiger partial charge in [0, 0.05) is 0 Å². The number of hydrogen-bond acceptors (Lipinski definition) is 40. The van der Waals surface area contributed by atoms with E-state index in [1.807, 2.05) is 0 Å². The summed E-state index contributed by atoms with van der Waals surface area (Å²) in [6.45, 7) is -7.68. The van der Waals surface area contributed by atoms with E-state index in [1.165, 1.54) is 24.3 Å². The molecular weight excluding hydrogens is 1350 g/mol. The maximum Gasteiger partial charge on any atom is 0.297 e. The van der Waals surface area contributed by atoms with Gasteiger partial charge < -0.3 is 169 Å². The molecule has 10 bridgehead atoms. The van der Waals surface area contributed by atoms with Crippen LogP contribution in [0.3, 0.4) is 0 Å². The molecule has 35 atom stereocenters. The first-order valence-corrected chi connectivity index (χ1v) is 32.7. The summed E-state index contributed by atoms with van der Waals surface area (Å²) in [5.41, 5.74) is 0.523. The molecule has 14 heterocycles. The predicted octanol–water partition coefficient (Wildman–Crippen LogP) is -13.5. The first-order chi connectivity index (χ1) is 45.5. The lowest BCUT2D eigenvalue weighted by atomic mass is 9.95. The number of rotatable bonds is 11. The highest BCUT2D eigenvalue weighted by molar-refractivity contribution is 7.87. The molecule has 40 nitrogen and oxygen atoms in total. The number of hydrogen-bond donors (Lipinski definition) is 21. The van der Waals surface area contributed by atoms with Gasteiger partial charge in [0.25, 0.3) is 20.2 Å². The molecule has 14 aliphatic rings. The standard InChI is InChI=1S/C54H78O40S2/c55-9-20-27(60)28(61)36(69)49(83-20)93-46-25-14-80-95(76,77)18-5-1-16(2-6-18)17-3-7-19(8-4-17)96(78,79)81-15-26-47(34(67)41(74)54(88-26)91-44-23(12-58)84-50(37(70)30(44)63)89-42-21(10-56)82-48(75)35(68)29(42)62)94-52-39(72)32(65)43(22(11-57)86-52)90-51-38(71)31(64)45(24(13-59)85-51)92-53(87-25)40(73)33(46)66/h1-8,20-75H,9-15H2/t20-,21-,22-,23-,24-,25-,26-,27-,28+,29-,30-,31-,32-,33-,34-,35-,36-,37-,38-,39-,40-,41-,42-,43-,44-,45-,46-,47-,48?,49-,50-,51-,52-,53-,54-/m1/s1. The van der Waals surface area contributed by atoms with Crippen molar-refractivity contribution in [1.82, 2.24) is 0 Å². The van der Waals surface area contributed by atoms with Crippen molar-refractivity contribution in [2.24, 2.45) is 0 Å². The molecule has 14 aliphatic heterocycles. The van der Waals surface area contributed by atoms with Crippen LogP contribution in [0.5, 0.6) is 0 Å². The van der Waals surface area contributed by atoms with Gasteiger partial charge in [0.05, 0.1) is 56.0 Å². The van der Waals surface area contributed by atoms with Gasteiger partial charge in [-0.3, -0.25) is 8.37 Å². The van der Waals surface area contributed by atoms with Crippen molar-refractivity contribution in [3.05, 3.63) is 48.5 Å². The Kier molecular flexibility index (Phi) is 24.6. The highest BCUT2D eigenvalue weighted by atomic mass is 32.2. The third-order valence-electron chi connectivity index (χ3n) is 17.6. The van der Waals surface area contributed by atoms with E-state index in [1.54, 1.807) is 0 Å². The van der Waals surface area contributed by atoms with Gasteiger partial charge in [-0.1, -0.05) is 24.3 Å². The van der Waals surface area contributed by atoms with Gasteiger partial charge in [-0.2, -0.15) is 16.8 Å². The zero-order valence-electron chi connectivity index (χ0n) is 49.7. The summed E-state index contributed by atoms with van der Waals surface area (Å²) in [5, 5.41) is 229. The SMILES string of the molecule is O=S1(=O)OC[C@H]2O[C@H](O[C@H]3[C@H](O)[C@@H](O)[C@@H](O[C@H]4[C@H](O)[C@@H](O)[C@@H](O[C@H]5[C@H](O)[C@@H](O)[C@@H](O[C@H]6[C@H](O)[C@@H](O)[C@@H](O[C@H]7[C@H](O)[C@@H](O)C(O)O[C@@H]7CO)O[C@@H]6CO)O[C@@H]5COS(=O)(=O)c5ccc(cc5)-c5ccc1cc5)O[C@@H]4CO)O[C@@H]3CO)[C@H](O)[C@@H](O)[C@@H]2O[C@H]1O[C@H](CO)[C@@H](O)[C@H](O)[C@H]1O. The Morgan fingerprint density at radius 1 is 0.312 bits per heavy atom. The third kappa shape index (κ3) is 15.3. The molecule has 2 aromatic carbocycles. The van der Waals surface area contributed by atoms with E-state index in [0.717, 1.165) is 24.3 Å². The lowest BCUT2D eigenvalue weighted by Gasteiger charge is -2.50. The van der Waals surface area contributed by atoms with E-state index in [9.17, 15) is 124 Å². The molecule has 0 radical (unpaired) electrons. The first-order valence-electron chi connectivity index (χ1n) is 29.9. The van der Waals surface area contributed by atoms with Gasteiger partial charge in [-0.05, 0) is 35.4 Å². The molecule has 2 aromatic rings. The molecule has 546 valence electrons. The smallest absolute Gasteiger partial charge is 0.297 e. The van der Waals surface area contributed by atoms with Crippen LogP contribution in [0.2, 0.25) is 0 Å². The van der Waals surface area contributed by atoms with E-state index >= 15 is 0 Å². The summed E-state index contributed by atoms with van der Waals surface area (Å²) in [6.07, 6.45) is -73.0. The Bertz CT molecular complexity index is 3040. The highest BCUT2D eigenvalue weighted by Gasteiger charge is 2.59. The van der Waals surface area contributed by atoms with E-state index in [4.69, 9.17) is 69.9 Å². The molecule has 0 saturated carbocycles. The quantitative estimate of drug-likeness (QED) is 0.0929. The predicted molar refractivity (Wildman–Crippen MR) is 296 cm³/mol. The summed E-state index contributed by atoms with van der Waals surface area (Å²) in [4.78, 5) is -1.09. The average Bonchev–Trinajstić information content (AvgIpc) is 0.778. The molecule has 7 saturated heterocycles. The molecule has 0 amide bonds. The zero-order chi connectivity index (χ0) is 69.7. The molecule has 42 heteroatoms. The molecule has 1 unspecified atom stereocenters. The minimum atomic E-state index is -4.97. The van der Waals surface area contributed by atoms with Crippen molar-refractivity contribution < 1.29 is 194 Å². The number of ether oxygens (including phenoxy) is 13. The minimum absolute atomic E-state index is 0.260. The van der Waals surface area contributed by atoms with Crippen LogP contribution in [0.1, 0.15) is 0 Å². The second-order valence-corrected chi connectivity index (χ2v) is 27.0. The Morgan fingerprint density at radius 2 is 0.667 bits per heavy atom. The van der Waals surface area contributed by atoms with E-state index in [-0.39, 0.29) is 11.1 Å². The topological polar surface area (TPSA) is 632 Å². The Labute approximate surface area is 543 Å². The molecule has 16 rings (SSSR count). The van der Waals surface area contributed by atoms with Crippen LogP contribution in [0, 0.1) is 0 Å². The summed E-state index contributed by atoms with van der Waals surface area (Å²) in [6, 6.07) is 9.29. The van der Waals surface area contributed by atoms with Crippen molar-refractivity contribution in [3.63, 3.8) is 0 Å². The molecular formula is C54H78O40S2. The van der Waals surface area contributed by atoms with Gasteiger partial charge in [-0.25, -0.2) is 0 Å². The minimum Gasteiger partial charge on any atom is -0.394 e. The zero-order valence-corrected chi connectivity index (χ0v) is 51.4. The third-order valence-corrected chi connectivity index (χ3v) is 20.2. The fourth-order valence-corrected chi connectivity index (χ4v) is 13.9. The Hall–Kier alpha value is -3.10. The van der Waals surface area contributed by atoms with Crippen LogP contribution in [0.25, 0.3) is 11.1 Å². The van der Waals surface area contributed by atoms with Crippen molar-refractivity contribution >= 4 is 20.2 Å². The Morgan fingerprint density at radius 3 is 1.15 bits per heavy atom. The van der Waals surface area contributed by atoms with Crippen LogP contribution < -0.4 is 0 Å². The van der Waals surface area contributed by atoms with Gasteiger partial charge in [0.2, 0.25) is 0 Å². The largest absolute Gasteiger partial charge is 0.394 e. The van der Waals surface area contributed by atoms with Crippen molar-refractivity contribution in [2.45, 2.75) is 225 Å². The van der Waals surface area contributed by atoms with Gasteiger partial charge in [0.1, 0.15) is 171 Å². The van der Waals surface area contributed by atoms with Crippen molar-refractivity contribution in [2.75, 3.05) is 46.2 Å². The maximum absolute atomic E-state index is 14.0. The summed E-state index contributed by atoms with van der Waals surface area (Å²) in [7, 11) is -9.87. The van der Waals surface area contributed by atoms with E-state index in [2.05, 4.69) is 0 Å². The molecule has 0 aromatic heterocycles. The lowest BCUT2D eigenvalue weighted by Crippen LogP contribution is -2.68. The van der Waals surface area contributed by atoms with Crippen molar-refractivity contribution in [3.8, 4) is 11.1 Å². The lowest BCUT2D eigenvalue weighted by molar-refractivity contribution is -0.397. The fourth-order valence-electron chi connectivity index (χ4n) is 12.1. The number of benzene rings is 2. The van der Waals surface area contributed by atoms with Gasteiger partial charge in [0.15, 0.2) is 44.0 Å². The monoisotopic (exact) mass is 1430 g/mol. The Balaban J connectivity index is 0.935. The molecule has 0 spiro atoms. The van der Waals surface area contributed by atoms with Crippen LogP contribution in [-0.2, 0) is 90.2 Å². The van der Waals surface area contributed by atoms with Gasteiger partial charge >= 0.3 is 0 Å². The van der Waals surface area contributed by atoms with Crippen LogP contribution in [0.4, 0.5) is 0 Å². The molecule has 96 heavy (non-hydrogen) atoms. The maximum atomic E-state index is 14.0. The van der Waals surface area contributed by atoms with Crippen molar-refractivity contribution in [1.29, 1.82) is 0 Å². The fraction of sp³-hybridized carbons (Fsp3) is 0.778. The van der Waals surface area contributed by atoms with E-state index in [0.29, 0.717) is 0 Å². The molecule has 7 fully saturated rings. The molecule has 0 aliphatic carbocycles. The van der Waals surface area contributed by atoms with Crippen LogP contribution >= 0.6 is 0 Å². The normalized spacial score (nSPS) is 48.0. The summed E-state index contributed by atoms with van der Waals surface area (Å²) in [5.74, 6) is 0. The highest BCUT2D eigenvalue weighted by Crippen LogP contribution is 2.39.